The lowest BCUT2D eigenvalue weighted by Crippen LogP contribution is -2.07. The van der Waals surface area contributed by atoms with E-state index in [1.165, 1.54) is 6.08 Å². The van der Waals surface area contributed by atoms with Gasteiger partial charge < -0.3 is 5.73 Å². The number of halogens is 2. The molecule has 1 unspecified atom stereocenters. The first-order chi connectivity index (χ1) is 4.18. The Morgan fingerprint density at radius 1 is 1.67 bits per heavy atom. The summed E-state index contributed by atoms with van der Waals surface area (Å²) < 4.78 is 24.4. The first-order valence-electron chi connectivity index (χ1n) is 2.66. The molecule has 0 amide bonds. The largest absolute Gasteiger partial charge is 0.399 e. The fraction of sp³-hybridized carbons (Fsp3) is 0.333. The van der Waals surface area contributed by atoms with Crippen LogP contribution in [0.3, 0.4) is 0 Å². The molecule has 1 aliphatic carbocycles. The minimum absolute atomic E-state index is 0.166. The monoisotopic (exact) mass is 131 g/mol. The van der Waals surface area contributed by atoms with Crippen molar-refractivity contribution < 1.29 is 8.78 Å². The van der Waals surface area contributed by atoms with E-state index in [0.29, 0.717) is 0 Å². The molecule has 2 N–H and O–H groups in total. The van der Waals surface area contributed by atoms with Gasteiger partial charge in [-0.25, -0.2) is 8.78 Å². The SMILES string of the molecule is NC1=CC(F)CC(F)=C1. The molecule has 0 saturated carbocycles. The van der Waals surface area contributed by atoms with Crippen LogP contribution in [0.1, 0.15) is 6.42 Å². The molecule has 9 heavy (non-hydrogen) atoms. The summed E-state index contributed by atoms with van der Waals surface area (Å²) in [5.74, 6) is -0.484. The highest BCUT2D eigenvalue weighted by molar-refractivity contribution is 5.24. The lowest BCUT2D eigenvalue weighted by Gasteiger charge is -2.07. The van der Waals surface area contributed by atoms with Crippen LogP contribution < -0.4 is 5.73 Å². The van der Waals surface area contributed by atoms with Crippen LogP contribution in [-0.2, 0) is 0 Å². The molecule has 0 aliphatic heterocycles. The molecule has 0 fully saturated rings. The minimum Gasteiger partial charge on any atom is -0.399 e. The highest BCUT2D eigenvalue weighted by atomic mass is 19.1. The molecule has 0 aromatic carbocycles. The Balaban J connectivity index is 2.74. The summed E-state index contributed by atoms with van der Waals surface area (Å²) in [4.78, 5) is 0. The van der Waals surface area contributed by atoms with Crippen molar-refractivity contribution in [3.63, 3.8) is 0 Å². The van der Waals surface area contributed by atoms with E-state index in [-0.39, 0.29) is 12.1 Å². The Morgan fingerprint density at radius 3 is 2.78 bits per heavy atom. The van der Waals surface area contributed by atoms with Crippen molar-refractivity contribution in [2.45, 2.75) is 12.6 Å². The smallest absolute Gasteiger partial charge is 0.127 e. The Labute approximate surface area is 51.8 Å². The average Bonchev–Trinajstić information content (AvgIpc) is 1.59. The summed E-state index contributed by atoms with van der Waals surface area (Å²) in [5.41, 5.74) is 5.29. The molecule has 1 atom stereocenters. The van der Waals surface area contributed by atoms with Gasteiger partial charge in [-0.05, 0) is 12.2 Å². The third-order valence-electron chi connectivity index (χ3n) is 1.09. The lowest BCUT2D eigenvalue weighted by molar-refractivity contribution is 0.367. The van der Waals surface area contributed by atoms with Gasteiger partial charge in [-0.15, -0.1) is 0 Å². The van der Waals surface area contributed by atoms with Crippen molar-refractivity contribution in [2.75, 3.05) is 0 Å². The van der Waals surface area contributed by atoms with E-state index in [1.54, 1.807) is 0 Å². The predicted octanol–water partition coefficient (Wildman–Crippen LogP) is 1.42. The molecule has 1 aliphatic rings. The Hall–Kier alpha value is -0.860. The van der Waals surface area contributed by atoms with Gasteiger partial charge in [-0.3, -0.25) is 0 Å². The topological polar surface area (TPSA) is 26.0 Å². The third-order valence-corrected chi connectivity index (χ3v) is 1.09. The van der Waals surface area contributed by atoms with E-state index in [1.807, 2.05) is 0 Å². The molecule has 50 valence electrons. The summed E-state index contributed by atoms with van der Waals surface area (Å²) in [6.45, 7) is 0. The number of nitrogens with two attached hydrogens (primary N) is 1. The Kier molecular flexibility index (Phi) is 1.51. The van der Waals surface area contributed by atoms with Crippen LogP contribution in [0.15, 0.2) is 23.7 Å². The van der Waals surface area contributed by atoms with E-state index in [9.17, 15) is 8.78 Å². The maximum Gasteiger partial charge on any atom is 0.127 e. The molecule has 0 aromatic heterocycles. The van der Waals surface area contributed by atoms with Crippen molar-refractivity contribution in [3.05, 3.63) is 23.7 Å². The van der Waals surface area contributed by atoms with E-state index in [4.69, 9.17) is 5.73 Å². The molecule has 0 heterocycles. The number of alkyl halides is 1. The lowest BCUT2D eigenvalue weighted by atomic mass is 10.1. The zero-order valence-corrected chi connectivity index (χ0v) is 4.77. The van der Waals surface area contributed by atoms with Gasteiger partial charge in [0, 0.05) is 12.1 Å². The van der Waals surface area contributed by atoms with Gasteiger partial charge in [-0.1, -0.05) is 0 Å². The van der Waals surface area contributed by atoms with Crippen molar-refractivity contribution in [3.8, 4) is 0 Å². The van der Waals surface area contributed by atoms with Crippen LogP contribution >= 0.6 is 0 Å². The molecule has 1 rings (SSSR count). The van der Waals surface area contributed by atoms with Gasteiger partial charge in [0.2, 0.25) is 0 Å². The number of rotatable bonds is 0. The summed E-state index contributed by atoms with van der Waals surface area (Å²) in [6, 6.07) is 0. The highest BCUT2D eigenvalue weighted by Crippen LogP contribution is 2.17. The molecule has 0 aromatic rings. The Bertz CT molecular complexity index is 172. The summed E-state index contributed by atoms with van der Waals surface area (Å²) in [7, 11) is 0. The van der Waals surface area contributed by atoms with Crippen LogP contribution in [0.4, 0.5) is 8.78 Å². The second kappa shape index (κ2) is 2.17. The van der Waals surface area contributed by atoms with Crippen LogP contribution in [0.5, 0.6) is 0 Å². The quantitative estimate of drug-likeness (QED) is 0.528. The van der Waals surface area contributed by atoms with Gasteiger partial charge >= 0.3 is 0 Å². The van der Waals surface area contributed by atoms with E-state index < -0.39 is 12.0 Å². The van der Waals surface area contributed by atoms with Gasteiger partial charge in [0.05, 0.1) is 0 Å². The maximum absolute atomic E-state index is 12.2. The predicted molar refractivity (Wildman–Crippen MR) is 31.0 cm³/mol. The molecule has 0 saturated heterocycles. The third kappa shape index (κ3) is 1.52. The molecule has 3 heteroatoms. The molecular formula is C6H7F2N. The number of allylic oxidation sites excluding steroid dienone is 3. The van der Waals surface area contributed by atoms with Gasteiger partial charge in [0.15, 0.2) is 0 Å². The van der Waals surface area contributed by atoms with Crippen LogP contribution in [0.2, 0.25) is 0 Å². The van der Waals surface area contributed by atoms with E-state index in [2.05, 4.69) is 0 Å². The molecule has 1 nitrogen and oxygen atoms in total. The summed E-state index contributed by atoms with van der Waals surface area (Å²) in [5, 5.41) is 0. The Morgan fingerprint density at radius 2 is 2.33 bits per heavy atom. The standard InChI is InChI=1S/C6H7F2N/c7-4-1-5(8)3-6(9)2-4/h2-4H,1,9H2. The van der Waals surface area contributed by atoms with Gasteiger partial charge in [-0.2, -0.15) is 0 Å². The fourth-order valence-electron chi connectivity index (χ4n) is 0.742. The summed E-state index contributed by atoms with van der Waals surface area (Å²) in [6.07, 6.45) is 0.926. The highest BCUT2D eigenvalue weighted by Gasteiger charge is 2.11. The zero-order valence-electron chi connectivity index (χ0n) is 4.77. The van der Waals surface area contributed by atoms with Crippen molar-refractivity contribution in [1.82, 2.24) is 0 Å². The molecule has 0 bridgehead atoms. The van der Waals surface area contributed by atoms with Crippen molar-refractivity contribution >= 4 is 0 Å². The number of hydrogen-bond acceptors (Lipinski definition) is 1. The summed E-state index contributed by atoms with van der Waals surface area (Å²) >= 11 is 0. The van der Waals surface area contributed by atoms with E-state index >= 15 is 0 Å². The molecule has 0 radical (unpaired) electrons. The average molecular weight is 131 g/mol. The molecule has 0 spiro atoms. The van der Waals surface area contributed by atoms with Crippen molar-refractivity contribution in [2.24, 2.45) is 5.73 Å². The number of hydrogen-bond donors (Lipinski definition) is 1. The first kappa shape index (κ1) is 6.26. The van der Waals surface area contributed by atoms with Crippen LogP contribution in [-0.4, -0.2) is 6.17 Å². The second-order valence-corrected chi connectivity index (χ2v) is 1.98. The van der Waals surface area contributed by atoms with Crippen LogP contribution in [0.25, 0.3) is 0 Å². The van der Waals surface area contributed by atoms with Gasteiger partial charge in [0.1, 0.15) is 12.0 Å². The molecular weight excluding hydrogens is 124 g/mol. The zero-order chi connectivity index (χ0) is 6.85. The second-order valence-electron chi connectivity index (χ2n) is 1.98. The normalized spacial score (nSPS) is 27.1. The first-order valence-corrected chi connectivity index (χ1v) is 2.66. The van der Waals surface area contributed by atoms with Crippen LogP contribution in [0, 0.1) is 0 Å². The maximum atomic E-state index is 12.2. The van der Waals surface area contributed by atoms with E-state index in [0.717, 1.165) is 6.08 Å². The fourth-order valence-corrected chi connectivity index (χ4v) is 0.742. The minimum atomic E-state index is -1.24. The van der Waals surface area contributed by atoms with Gasteiger partial charge in [0.25, 0.3) is 0 Å². The van der Waals surface area contributed by atoms with Crippen molar-refractivity contribution in [1.29, 1.82) is 0 Å².